The molecule has 0 spiro atoms. The van der Waals surface area contributed by atoms with E-state index in [1.165, 1.54) is 6.07 Å². The van der Waals surface area contributed by atoms with Crippen LogP contribution in [0.15, 0.2) is 18.2 Å². The summed E-state index contributed by atoms with van der Waals surface area (Å²) < 4.78 is 10.4. The second-order valence-electron chi connectivity index (χ2n) is 5.09. The molecule has 5 nitrogen and oxygen atoms in total. The number of hydrogen-bond donors (Lipinski definition) is 2. The Morgan fingerprint density at radius 1 is 1.37 bits per heavy atom. The Hall–Kier alpha value is -1.91. The SMILES string of the molecule is CCOc1cc(CNC(=O)OC(C)(C)C)ccc1O. The van der Waals surface area contributed by atoms with E-state index in [0.717, 1.165) is 5.56 Å². The third-order valence-electron chi connectivity index (χ3n) is 2.16. The van der Waals surface area contributed by atoms with Crippen molar-refractivity contribution in [2.75, 3.05) is 6.61 Å². The molecule has 0 fully saturated rings. The Bertz CT molecular complexity index is 438. The van der Waals surface area contributed by atoms with Crippen molar-refractivity contribution in [1.29, 1.82) is 0 Å². The number of alkyl carbamates (subject to hydrolysis) is 1. The molecule has 0 bridgehead atoms. The van der Waals surface area contributed by atoms with E-state index in [9.17, 15) is 9.90 Å². The largest absolute Gasteiger partial charge is 0.504 e. The molecule has 0 saturated carbocycles. The first-order valence-corrected chi connectivity index (χ1v) is 6.23. The lowest BCUT2D eigenvalue weighted by Crippen LogP contribution is -2.32. The van der Waals surface area contributed by atoms with Gasteiger partial charge in [0.25, 0.3) is 0 Å². The standard InChI is InChI=1S/C14H21NO4/c1-5-18-12-8-10(6-7-11(12)16)9-15-13(17)19-14(2,3)4/h6-8,16H,5,9H2,1-4H3,(H,15,17). The molecule has 1 rings (SSSR count). The number of rotatable bonds is 4. The fraction of sp³-hybridized carbons (Fsp3) is 0.500. The molecule has 0 aliphatic rings. The van der Waals surface area contributed by atoms with E-state index in [0.29, 0.717) is 18.9 Å². The molecule has 0 aliphatic heterocycles. The molecule has 2 N–H and O–H groups in total. The molecule has 5 heteroatoms. The zero-order valence-electron chi connectivity index (χ0n) is 11.8. The number of phenols is 1. The highest BCUT2D eigenvalue weighted by molar-refractivity contribution is 5.67. The molecule has 0 atom stereocenters. The number of aromatic hydroxyl groups is 1. The number of benzene rings is 1. The van der Waals surface area contributed by atoms with E-state index in [4.69, 9.17) is 9.47 Å². The summed E-state index contributed by atoms with van der Waals surface area (Å²) in [6, 6.07) is 4.95. The van der Waals surface area contributed by atoms with Gasteiger partial charge in [0.2, 0.25) is 0 Å². The molecule has 0 radical (unpaired) electrons. The molecule has 0 unspecified atom stereocenters. The van der Waals surface area contributed by atoms with Crippen LogP contribution >= 0.6 is 0 Å². The summed E-state index contributed by atoms with van der Waals surface area (Å²) in [7, 11) is 0. The van der Waals surface area contributed by atoms with Crippen LogP contribution in [-0.4, -0.2) is 23.4 Å². The third kappa shape index (κ3) is 5.50. The van der Waals surface area contributed by atoms with Crippen molar-refractivity contribution in [3.8, 4) is 11.5 Å². The Balaban J connectivity index is 2.58. The molecule has 19 heavy (non-hydrogen) atoms. The van der Waals surface area contributed by atoms with Crippen molar-refractivity contribution in [1.82, 2.24) is 5.32 Å². The summed E-state index contributed by atoms with van der Waals surface area (Å²) in [4.78, 5) is 11.5. The average molecular weight is 267 g/mol. The third-order valence-corrected chi connectivity index (χ3v) is 2.16. The maximum Gasteiger partial charge on any atom is 0.407 e. The summed E-state index contributed by atoms with van der Waals surface area (Å²) >= 11 is 0. The van der Waals surface area contributed by atoms with Crippen molar-refractivity contribution >= 4 is 6.09 Å². The number of hydrogen-bond acceptors (Lipinski definition) is 4. The normalized spacial score (nSPS) is 10.9. The monoisotopic (exact) mass is 267 g/mol. The van der Waals surface area contributed by atoms with E-state index in [1.54, 1.807) is 32.9 Å². The lowest BCUT2D eigenvalue weighted by molar-refractivity contribution is 0.0523. The number of ether oxygens (including phenoxy) is 2. The Morgan fingerprint density at radius 3 is 2.63 bits per heavy atom. The minimum absolute atomic E-state index is 0.0860. The predicted molar refractivity (Wildman–Crippen MR) is 72.3 cm³/mol. The highest BCUT2D eigenvalue weighted by Gasteiger charge is 2.15. The maximum atomic E-state index is 11.5. The second kappa shape index (κ2) is 6.31. The number of nitrogens with one attached hydrogen (secondary N) is 1. The first-order valence-electron chi connectivity index (χ1n) is 6.23. The molecule has 0 aromatic heterocycles. The van der Waals surface area contributed by atoms with Gasteiger partial charge in [-0.2, -0.15) is 0 Å². The smallest absolute Gasteiger partial charge is 0.407 e. The van der Waals surface area contributed by atoms with Crippen molar-refractivity contribution in [3.63, 3.8) is 0 Å². The van der Waals surface area contributed by atoms with Crippen LogP contribution in [0.25, 0.3) is 0 Å². The van der Waals surface area contributed by atoms with E-state index in [-0.39, 0.29) is 5.75 Å². The van der Waals surface area contributed by atoms with Crippen molar-refractivity contribution in [2.24, 2.45) is 0 Å². The predicted octanol–water partition coefficient (Wildman–Crippen LogP) is 2.82. The number of carbonyl (C=O) groups is 1. The first-order chi connectivity index (χ1) is 8.81. The van der Waals surface area contributed by atoms with Gasteiger partial charge < -0.3 is 19.9 Å². The fourth-order valence-corrected chi connectivity index (χ4v) is 1.43. The van der Waals surface area contributed by atoms with E-state index < -0.39 is 11.7 Å². The van der Waals surface area contributed by atoms with Gasteiger partial charge >= 0.3 is 6.09 Å². The van der Waals surface area contributed by atoms with Gasteiger partial charge in [0.05, 0.1) is 6.61 Å². The molecule has 0 heterocycles. The summed E-state index contributed by atoms with van der Waals surface area (Å²) in [5, 5.41) is 12.2. The molecule has 1 amide bonds. The summed E-state index contributed by atoms with van der Waals surface area (Å²) in [6.07, 6.45) is -0.474. The highest BCUT2D eigenvalue weighted by Crippen LogP contribution is 2.26. The summed E-state index contributed by atoms with van der Waals surface area (Å²) in [6.45, 7) is 8.04. The van der Waals surface area contributed by atoms with Gasteiger partial charge in [-0.15, -0.1) is 0 Å². The average Bonchev–Trinajstić information content (AvgIpc) is 2.28. The molecule has 1 aromatic rings. The molecular formula is C14H21NO4. The zero-order valence-corrected chi connectivity index (χ0v) is 11.8. The van der Waals surface area contributed by atoms with Crippen LogP contribution in [0.4, 0.5) is 4.79 Å². The van der Waals surface area contributed by atoms with Crippen LogP contribution in [-0.2, 0) is 11.3 Å². The Kier molecular flexibility index (Phi) is 5.03. The molecule has 0 aliphatic carbocycles. The minimum atomic E-state index is -0.518. The van der Waals surface area contributed by atoms with Gasteiger partial charge in [0.15, 0.2) is 11.5 Å². The van der Waals surface area contributed by atoms with Crippen LogP contribution < -0.4 is 10.1 Å². The molecular weight excluding hydrogens is 246 g/mol. The topological polar surface area (TPSA) is 67.8 Å². The van der Waals surface area contributed by atoms with Gasteiger partial charge in [0.1, 0.15) is 5.60 Å². The van der Waals surface area contributed by atoms with Gasteiger partial charge in [-0.05, 0) is 45.4 Å². The zero-order chi connectivity index (χ0) is 14.5. The minimum Gasteiger partial charge on any atom is -0.504 e. The summed E-state index contributed by atoms with van der Waals surface area (Å²) in [5.41, 5.74) is 0.308. The van der Waals surface area contributed by atoms with Gasteiger partial charge in [-0.25, -0.2) is 4.79 Å². The van der Waals surface area contributed by atoms with E-state index in [2.05, 4.69) is 5.32 Å². The van der Waals surface area contributed by atoms with Crippen LogP contribution in [0.1, 0.15) is 33.3 Å². The molecule has 106 valence electrons. The van der Waals surface area contributed by atoms with Gasteiger partial charge in [0, 0.05) is 6.54 Å². The van der Waals surface area contributed by atoms with Crippen LogP contribution in [0, 0.1) is 0 Å². The molecule has 1 aromatic carbocycles. The molecule has 0 saturated heterocycles. The second-order valence-corrected chi connectivity index (χ2v) is 5.09. The highest BCUT2D eigenvalue weighted by atomic mass is 16.6. The maximum absolute atomic E-state index is 11.5. The van der Waals surface area contributed by atoms with Crippen LogP contribution in [0.2, 0.25) is 0 Å². The number of carbonyl (C=O) groups excluding carboxylic acids is 1. The Labute approximate surface area is 113 Å². The van der Waals surface area contributed by atoms with Crippen molar-refractivity contribution < 1.29 is 19.4 Å². The van der Waals surface area contributed by atoms with Crippen LogP contribution in [0.5, 0.6) is 11.5 Å². The van der Waals surface area contributed by atoms with Crippen molar-refractivity contribution in [3.05, 3.63) is 23.8 Å². The summed E-state index contributed by atoms with van der Waals surface area (Å²) in [5.74, 6) is 0.494. The van der Waals surface area contributed by atoms with Gasteiger partial charge in [-0.1, -0.05) is 6.07 Å². The van der Waals surface area contributed by atoms with Crippen LogP contribution in [0.3, 0.4) is 0 Å². The van der Waals surface area contributed by atoms with E-state index in [1.807, 2.05) is 6.92 Å². The van der Waals surface area contributed by atoms with E-state index >= 15 is 0 Å². The number of amides is 1. The fourth-order valence-electron chi connectivity index (χ4n) is 1.43. The van der Waals surface area contributed by atoms with Gasteiger partial charge in [-0.3, -0.25) is 0 Å². The lowest BCUT2D eigenvalue weighted by atomic mass is 10.2. The number of phenolic OH excluding ortho intramolecular Hbond substituents is 1. The first kappa shape index (κ1) is 15.1. The quantitative estimate of drug-likeness (QED) is 0.880. The Morgan fingerprint density at radius 2 is 2.05 bits per heavy atom. The van der Waals surface area contributed by atoms with Crippen molar-refractivity contribution in [2.45, 2.75) is 39.8 Å². The lowest BCUT2D eigenvalue weighted by Gasteiger charge is -2.19.